The van der Waals surface area contributed by atoms with Crippen molar-refractivity contribution < 1.29 is 0 Å². The van der Waals surface area contributed by atoms with Crippen molar-refractivity contribution in [1.82, 2.24) is 14.6 Å². The highest BCUT2D eigenvalue weighted by molar-refractivity contribution is 6.33. The number of halogens is 1. The fourth-order valence-electron chi connectivity index (χ4n) is 1.24. The summed E-state index contributed by atoms with van der Waals surface area (Å²) < 4.78 is 1.73. The van der Waals surface area contributed by atoms with E-state index in [9.17, 15) is 0 Å². The van der Waals surface area contributed by atoms with Crippen LogP contribution < -0.4 is 0 Å². The average Bonchev–Trinajstić information content (AvgIpc) is 2.33. The number of hydrogen-bond acceptors (Lipinski definition) is 2. The van der Waals surface area contributed by atoms with Crippen LogP contribution in [0.25, 0.3) is 5.65 Å². The maximum atomic E-state index is 5.87. The van der Waals surface area contributed by atoms with Gasteiger partial charge in [-0.2, -0.15) is 5.10 Å². The molecule has 0 N–H and O–H groups in total. The van der Waals surface area contributed by atoms with E-state index in [2.05, 4.69) is 10.1 Å². The third-order valence-corrected chi connectivity index (χ3v) is 2.00. The van der Waals surface area contributed by atoms with Crippen molar-refractivity contribution in [3.8, 4) is 0 Å². The van der Waals surface area contributed by atoms with Crippen LogP contribution in [0.2, 0.25) is 5.02 Å². The molecule has 0 amide bonds. The van der Waals surface area contributed by atoms with Gasteiger partial charge in [0.15, 0.2) is 5.65 Å². The zero-order valence-corrected chi connectivity index (χ0v) is 7.63. The Kier molecular flexibility index (Phi) is 1.54. The quantitative estimate of drug-likeness (QED) is 0.622. The van der Waals surface area contributed by atoms with Crippen molar-refractivity contribution in [2.24, 2.45) is 0 Å². The second-order valence-electron chi connectivity index (χ2n) is 2.77. The van der Waals surface area contributed by atoms with Gasteiger partial charge in [0.2, 0.25) is 0 Å². The molecule has 4 heteroatoms. The smallest absolute Gasteiger partial charge is 0.174 e. The molecule has 0 aliphatic heterocycles. The molecule has 0 aliphatic carbocycles. The standard InChI is InChI=1S/C8H8ClN3/c1-5-3-6(2)12-8(11-5)7(9)4-10-12/h3-4H,1-2H3. The Hall–Kier alpha value is -1.09. The fourth-order valence-corrected chi connectivity index (χ4v) is 1.41. The first-order valence-electron chi connectivity index (χ1n) is 3.66. The maximum Gasteiger partial charge on any atom is 0.174 e. The molecule has 0 unspecified atom stereocenters. The van der Waals surface area contributed by atoms with Gasteiger partial charge in [-0.1, -0.05) is 11.6 Å². The number of hydrogen-bond donors (Lipinski definition) is 0. The summed E-state index contributed by atoms with van der Waals surface area (Å²) in [7, 11) is 0. The Morgan fingerprint density at radius 1 is 1.42 bits per heavy atom. The maximum absolute atomic E-state index is 5.87. The Bertz CT molecular complexity index is 433. The Morgan fingerprint density at radius 2 is 2.17 bits per heavy atom. The molecule has 2 rings (SSSR count). The summed E-state index contributed by atoms with van der Waals surface area (Å²) in [5, 5.41) is 4.68. The normalized spacial score (nSPS) is 10.9. The van der Waals surface area contributed by atoms with Gasteiger partial charge in [0.1, 0.15) is 5.02 Å². The second kappa shape index (κ2) is 2.45. The summed E-state index contributed by atoms with van der Waals surface area (Å²) in [5.41, 5.74) is 2.74. The van der Waals surface area contributed by atoms with Gasteiger partial charge >= 0.3 is 0 Å². The Morgan fingerprint density at radius 3 is 2.92 bits per heavy atom. The third-order valence-electron chi connectivity index (χ3n) is 1.73. The van der Waals surface area contributed by atoms with E-state index < -0.39 is 0 Å². The van der Waals surface area contributed by atoms with Crippen molar-refractivity contribution in [3.05, 3.63) is 28.7 Å². The minimum Gasteiger partial charge on any atom is -0.233 e. The molecule has 3 nitrogen and oxygen atoms in total. The molecule has 0 bridgehead atoms. The monoisotopic (exact) mass is 181 g/mol. The van der Waals surface area contributed by atoms with Crippen LogP contribution in [0.15, 0.2) is 12.3 Å². The number of fused-ring (bicyclic) bond motifs is 1. The first kappa shape index (κ1) is 7.55. The summed E-state index contributed by atoms with van der Waals surface area (Å²) in [6, 6.07) is 1.97. The summed E-state index contributed by atoms with van der Waals surface area (Å²) in [6.07, 6.45) is 1.61. The molecule has 0 aliphatic rings. The summed E-state index contributed by atoms with van der Waals surface area (Å²) >= 11 is 5.87. The van der Waals surface area contributed by atoms with Crippen molar-refractivity contribution in [2.75, 3.05) is 0 Å². The van der Waals surface area contributed by atoms with Crippen LogP contribution in [0, 0.1) is 13.8 Å². The Labute approximate surface area is 75.0 Å². The second-order valence-corrected chi connectivity index (χ2v) is 3.17. The minimum absolute atomic E-state index is 0.599. The third kappa shape index (κ3) is 0.975. The number of aromatic nitrogens is 3. The zero-order chi connectivity index (χ0) is 8.72. The molecule has 12 heavy (non-hydrogen) atoms. The number of aryl methyl sites for hydroxylation is 2. The van der Waals surface area contributed by atoms with Gasteiger partial charge in [-0.25, -0.2) is 9.50 Å². The van der Waals surface area contributed by atoms with E-state index >= 15 is 0 Å². The molecule has 0 aromatic carbocycles. The van der Waals surface area contributed by atoms with Crippen LogP contribution in [-0.4, -0.2) is 14.6 Å². The first-order valence-corrected chi connectivity index (χ1v) is 4.04. The first-order chi connectivity index (χ1) is 5.68. The van der Waals surface area contributed by atoms with Gasteiger partial charge in [-0.3, -0.25) is 0 Å². The van der Waals surface area contributed by atoms with E-state index in [1.165, 1.54) is 0 Å². The zero-order valence-electron chi connectivity index (χ0n) is 6.87. The molecule has 0 spiro atoms. The van der Waals surface area contributed by atoms with E-state index in [1.54, 1.807) is 10.7 Å². The van der Waals surface area contributed by atoms with Gasteiger partial charge in [0, 0.05) is 11.4 Å². The molecule has 0 saturated carbocycles. The van der Waals surface area contributed by atoms with Crippen LogP contribution in [0.5, 0.6) is 0 Å². The molecule has 0 saturated heterocycles. The van der Waals surface area contributed by atoms with E-state index in [0.29, 0.717) is 5.02 Å². The SMILES string of the molecule is Cc1cc(C)n2ncc(Cl)c2n1. The molecule has 2 aromatic rings. The highest BCUT2D eigenvalue weighted by Gasteiger charge is 2.04. The molecule has 62 valence electrons. The van der Waals surface area contributed by atoms with Crippen molar-refractivity contribution in [1.29, 1.82) is 0 Å². The predicted octanol–water partition coefficient (Wildman–Crippen LogP) is 2.00. The summed E-state index contributed by atoms with van der Waals surface area (Å²) in [6.45, 7) is 3.92. The molecule has 2 aromatic heterocycles. The van der Waals surface area contributed by atoms with E-state index in [1.807, 2.05) is 19.9 Å². The summed E-state index contributed by atoms with van der Waals surface area (Å²) in [4.78, 5) is 4.26. The lowest BCUT2D eigenvalue weighted by Gasteiger charge is -1.99. The van der Waals surface area contributed by atoms with Crippen molar-refractivity contribution >= 4 is 17.2 Å². The minimum atomic E-state index is 0.599. The fraction of sp³-hybridized carbons (Fsp3) is 0.250. The largest absolute Gasteiger partial charge is 0.233 e. The number of rotatable bonds is 0. The molecule has 0 fully saturated rings. The van der Waals surface area contributed by atoms with Crippen LogP contribution in [0.1, 0.15) is 11.4 Å². The highest BCUT2D eigenvalue weighted by atomic mass is 35.5. The van der Waals surface area contributed by atoms with Crippen LogP contribution >= 0.6 is 11.6 Å². The molecular formula is C8H8ClN3. The highest BCUT2D eigenvalue weighted by Crippen LogP contribution is 2.15. The lowest BCUT2D eigenvalue weighted by molar-refractivity contribution is 0.886. The van der Waals surface area contributed by atoms with Crippen LogP contribution in [0.4, 0.5) is 0 Å². The Balaban J connectivity index is 2.92. The predicted molar refractivity (Wildman–Crippen MR) is 47.5 cm³/mol. The van der Waals surface area contributed by atoms with E-state index in [-0.39, 0.29) is 0 Å². The van der Waals surface area contributed by atoms with E-state index in [0.717, 1.165) is 17.0 Å². The van der Waals surface area contributed by atoms with Gasteiger partial charge < -0.3 is 0 Å². The van der Waals surface area contributed by atoms with Gasteiger partial charge in [-0.15, -0.1) is 0 Å². The topological polar surface area (TPSA) is 30.2 Å². The molecule has 2 heterocycles. The lowest BCUT2D eigenvalue weighted by Crippen LogP contribution is -1.96. The van der Waals surface area contributed by atoms with Gasteiger partial charge in [-0.05, 0) is 19.9 Å². The van der Waals surface area contributed by atoms with Crippen LogP contribution in [0.3, 0.4) is 0 Å². The summed E-state index contributed by atoms with van der Waals surface area (Å²) in [5.74, 6) is 0. The van der Waals surface area contributed by atoms with Crippen molar-refractivity contribution in [3.63, 3.8) is 0 Å². The molecule has 0 atom stereocenters. The van der Waals surface area contributed by atoms with Crippen LogP contribution in [-0.2, 0) is 0 Å². The molecule has 0 radical (unpaired) electrons. The van der Waals surface area contributed by atoms with Gasteiger partial charge in [0.25, 0.3) is 0 Å². The van der Waals surface area contributed by atoms with Gasteiger partial charge in [0.05, 0.1) is 6.20 Å². The van der Waals surface area contributed by atoms with Crippen molar-refractivity contribution in [2.45, 2.75) is 13.8 Å². The molecular weight excluding hydrogens is 174 g/mol. The van der Waals surface area contributed by atoms with E-state index in [4.69, 9.17) is 11.6 Å². The lowest BCUT2D eigenvalue weighted by atomic mass is 10.3. The number of nitrogens with zero attached hydrogens (tertiary/aromatic N) is 3. The average molecular weight is 182 g/mol.